The van der Waals surface area contributed by atoms with E-state index in [9.17, 15) is 5.11 Å². The van der Waals surface area contributed by atoms with E-state index in [-0.39, 0.29) is 0 Å². The molecule has 1 aromatic heterocycles. The van der Waals surface area contributed by atoms with Gasteiger partial charge < -0.3 is 9.84 Å². The van der Waals surface area contributed by atoms with E-state index in [1.165, 1.54) is 0 Å². The van der Waals surface area contributed by atoms with Crippen molar-refractivity contribution in [3.8, 4) is 5.75 Å². The van der Waals surface area contributed by atoms with Crippen molar-refractivity contribution in [3.63, 3.8) is 0 Å². The van der Waals surface area contributed by atoms with Crippen LogP contribution in [0.25, 0.3) is 0 Å². The number of nitrogens with zero attached hydrogens (tertiary/aromatic N) is 2. The molecule has 1 heterocycles. The highest BCUT2D eigenvalue weighted by Gasteiger charge is 2.12. The Morgan fingerprint density at radius 2 is 2.10 bits per heavy atom. The highest BCUT2D eigenvalue weighted by molar-refractivity contribution is 9.10. The molecule has 0 aliphatic carbocycles. The first-order chi connectivity index (χ1) is 10.0. The molecule has 1 atom stereocenters. The molecule has 5 heteroatoms. The molecule has 0 saturated carbocycles. The Bertz CT molecular complexity index is 608. The van der Waals surface area contributed by atoms with Crippen molar-refractivity contribution in [1.29, 1.82) is 0 Å². The molecule has 2 rings (SSSR count). The molecular formula is C16H21BrN2O2. The highest BCUT2D eigenvalue weighted by Crippen LogP contribution is 2.29. The molecule has 0 spiro atoms. The Hall–Kier alpha value is -1.33. The van der Waals surface area contributed by atoms with E-state index in [1.54, 1.807) is 6.92 Å². The molecule has 21 heavy (non-hydrogen) atoms. The molecule has 0 fully saturated rings. The van der Waals surface area contributed by atoms with Crippen LogP contribution in [0.2, 0.25) is 0 Å². The topological polar surface area (TPSA) is 47.3 Å². The summed E-state index contributed by atoms with van der Waals surface area (Å²) in [5.74, 6) is 0.696. The van der Waals surface area contributed by atoms with Crippen LogP contribution in [-0.4, -0.2) is 14.9 Å². The lowest BCUT2D eigenvalue weighted by molar-refractivity contribution is 0.189. The minimum atomic E-state index is -0.560. The van der Waals surface area contributed by atoms with Crippen LogP contribution in [0.4, 0.5) is 0 Å². The quantitative estimate of drug-likeness (QED) is 0.858. The van der Waals surface area contributed by atoms with Gasteiger partial charge in [-0.25, -0.2) is 0 Å². The van der Waals surface area contributed by atoms with Crippen LogP contribution in [0, 0.1) is 0 Å². The lowest BCUT2D eigenvalue weighted by Gasteiger charge is -2.14. The fourth-order valence-electron chi connectivity index (χ4n) is 2.21. The van der Waals surface area contributed by atoms with Crippen LogP contribution in [0.3, 0.4) is 0 Å². The maximum Gasteiger partial charge on any atom is 0.130 e. The monoisotopic (exact) mass is 352 g/mol. The molecule has 1 unspecified atom stereocenters. The number of hydrogen-bond acceptors (Lipinski definition) is 3. The van der Waals surface area contributed by atoms with Crippen LogP contribution in [0.1, 0.15) is 43.8 Å². The molecule has 0 aliphatic heterocycles. The maximum absolute atomic E-state index is 9.82. The summed E-state index contributed by atoms with van der Waals surface area (Å²) in [5, 5.41) is 14.3. The molecule has 1 aromatic carbocycles. The van der Waals surface area contributed by atoms with Crippen molar-refractivity contribution in [2.24, 2.45) is 0 Å². The summed E-state index contributed by atoms with van der Waals surface area (Å²) in [6, 6.07) is 7.73. The second-order valence-corrected chi connectivity index (χ2v) is 5.86. The molecule has 114 valence electrons. The van der Waals surface area contributed by atoms with Gasteiger partial charge in [0.05, 0.1) is 17.5 Å². The first kappa shape index (κ1) is 16.0. The summed E-state index contributed by atoms with van der Waals surface area (Å²) in [7, 11) is 0. The Labute approximate surface area is 133 Å². The third-order valence-electron chi connectivity index (χ3n) is 3.38. The van der Waals surface area contributed by atoms with E-state index in [2.05, 4.69) is 40.9 Å². The van der Waals surface area contributed by atoms with Gasteiger partial charge in [0.15, 0.2) is 0 Å². The van der Waals surface area contributed by atoms with Gasteiger partial charge in [0.1, 0.15) is 12.4 Å². The van der Waals surface area contributed by atoms with Crippen LogP contribution in [0.15, 0.2) is 28.7 Å². The molecule has 4 nitrogen and oxygen atoms in total. The van der Waals surface area contributed by atoms with Crippen molar-refractivity contribution in [3.05, 3.63) is 45.7 Å². The van der Waals surface area contributed by atoms with Crippen molar-refractivity contribution >= 4 is 15.9 Å². The predicted octanol–water partition coefficient (Wildman–Crippen LogP) is 3.86. The van der Waals surface area contributed by atoms with E-state index >= 15 is 0 Å². The van der Waals surface area contributed by atoms with E-state index in [1.807, 2.05) is 22.9 Å². The van der Waals surface area contributed by atoms with Crippen molar-refractivity contribution in [1.82, 2.24) is 9.78 Å². The lowest BCUT2D eigenvalue weighted by atomic mass is 10.1. The van der Waals surface area contributed by atoms with E-state index in [4.69, 9.17) is 4.74 Å². The van der Waals surface area contributed by atoms with Crippen molar-refractivity contribution in [2.45, 2.75) is 46.4 Å². The number of ether oxygens (including phenoxy) is 1. The van der Waals surface area contributed by atoms with Crippen molar-refractivity contribution in [2.75, 3.05) is 0 Å². The van der Waals surface area contributed by atoms with Gasteiger partial charge in [0.25, 0.3) is 0 Å². The zero-order valence-corrected chi connectivity index (χ0v) is 14.2. The number of aromatic nitrogens is 2. The second kappa shape index (κ2) is 7.09. The predicted molar refractivity (Wildman–Crippen MR) is 86.4 cm³/mol. The normalized spacial score (nSPS) is 12.4. The van der Waals surface area contributed by atoms with Gasteiger partial charge in [0, 0.05) is 16.6 Å². The number of hydrogen-bond donors (Lipinski definition) is 1. The van der Waals surface area contributed by atoms with Crippen LogP contribution >= 0.6 is 15.9 Å². The fraction of sp³-hybridized carbons (Fsp3) is 0.438. The summed E-state index contributed by atoms with van der Waals surface area (Å²) in [6.07, 6.45) is 0.353. The minimum absolute atomic E-state index is 0.441. The number of benzene rings is 1. The molecule has 0 saturated heterocycles. The van der Waals surface area contributed by atoms with Gasteiger partial charge in [-0.15, -0.1) is 0 Å². The minimum Gasteiger partial charge on any atom is -0.487 e. The third-order valence-corrected chi connectivity index (χ3v) is 3.87. The Morgan fingerprint density at radius 1 is 1.33 bits per heavy atom. The molecule has 2 aromatic rings. The van der Waals surface area contributed by atoms with Crippen molar-refractivity contribution < 1.29 is 9.84 Å². The maximum atomic E-state index is 9.82. The average molecular weight is 353 g/mol. The molecular weight excluding hydrogens is 332 g/mol. The Kier molecular flexibility index (Phi) is 5.42. The summed E-state index contributed by atoms with van der Waals surface area (Å²) in [5.41, 5.74) is 2.91. The van der Waals surface area contributed by atoms with E-state index in [0.717, 1.165) is 34.4 Å². The molecule has 0 aliphatic rings. The number of halogens is 1. The van der Waals surface area contributed by atoms with E-state index < -0.39 is 6.10 Å². The van der Waals surface area contributed by atoms with Gasteiger partial charge >= 0.3 is 0 Å². The van der Waals surface area contributed by atoms with Crippen LogP contribution in [0.5, 0.6) is 5.75 Å². The smallest absolute Gasteiger partial charge is 0.130 e. The first-order valence-corrected chi connectivity index (χ1v) is 8.00. The Morgan fingerprint density at radius 3 is 2.71 bits per heavy atom. The zero-order chi connectivity index (χ0) is 15.4. The standard InChI is InChI=1S/C16H21BrN2O2/c1-4-13-9-14(19(5-2)18-13)10-21-16-8-12(17)6-7-15(16)11(3)20/h6-9,11,20H,4-5,10H2,1-3H3. The summed E-state index contributed by atoms with van der Waals surface area (Å²) < 4.78 is 8.80. The van der Waals surface area contributed by atoms with Gasteiger partial charge in [0.2, 0.25) is 0 Å². The van der Waals surface area contributed by atoms with Crippen LogP contribution < -0.4 is 4.74 Å². The molecule has 1 N–H and O–H groups in total. The first-order valence-electron chi connectivity index (χ1n) is 7.21. The highest BCUT2D eigenvalue weighted by atomic mass is 79.9. The zero-order valence-electron chi connectivity index (χ0n) is 12.6. The van der Waals surface area contributed by atoms with Gasteiger partial charge in [-0.3, -0.25) is 4.68 Å². The number of aliphatic hydroxyl groups is 1. The molecule has 0 amide bonds. The average Bonchev–Trinajstić information content (AvgIpc) is 2.87. The van der Waals surface area contributed by atoms with E-state index in [0.29, 0.717) is 12.4 Å². The number of aliphatic hydroxyl groups excluding tert-OH is 1. The summed E-state index contributed by atoms with van der Waals surface area (Å²) in [6.45, 7) is 7.15. The van der Waals surface area contributed by atoms with Gasteiger partial charge in [-0.2, -0.15) is 5.10 Å². The SMILES string of the molecule is CCc1cc(COc2cc(Br)ccc2C(C)O)n(CC)n1. The number of rotatable bonds is 6. The Balaban J connectivity index is 2.19. The summed E-state index contributed by atoms with van der Waals surface area (Å²) >= 11 is 3.44. The van der Waals surface area contributed by atoms with Gasteiger partial charge in [-0.1, -0.05) is 28.9 Å². The lowest BCUT2D eigenvalue weighted by Crippen LogP contribution is -2.07. The molecule has 0 radical (unpaired) electrons. The second-order valence-electron chi connectivity index (χ2n) is 4.94. The largest absolute Gasteiger partial charge is 0.487 e. The van der Waals surface area contributed by atoms with Crippen LogP contribution in [-0.2, 0) is 19.6 Å². The molecule has 0 bridgehead atoms. The summed E-state index contributed by atoms with van der Waals surface area (Å²) in [4.78, 5) is 0. The third kappa shape index (κ3) is 3.86. The van der Waals surface area contributed by atoms with Gasteiger partial charge in [-0.05, 0) is 38.5 Å². The fourth-order valence-corrected chi connectivity index (χ4v) is 2.55. The number of aryl methyl sites for hydroxylation is 2.